The molecule has 12 heavy (non-hydrogen) atoms. The van der Waals surface area contributed by atoms with E-state index in [1.54, 1.807) is 7.11 Å². The van der Waals surface area contributed by atoms with Gasteiger partial charge in [0.05, 0.1) is 12.2 Å². The Morgan fingerprint density at radius 3 is 2.50 bits per heavy atom. The van der Waals surface area contributed by atoms with Crippen LogP contribution < -0.4 is 0 Å². The van der Waals surface area contributed by atoms with Crippen LogP contribution in [0.15, 0.2) is 0 Å². The molecule has 1 saturated heterocycles. The highest BCUT2D eigenvalue weighted by molar-refractivity contribution is 4.80. The Balaban J connectivity index is 2.55. The fourth-order valence-corrected chi connectivity index (χ4v) is 1.44. The Labute approximate surface area is 72.4 Å². The van der Waals surface area contributed by atoms with Gasteiger partial charge in [0, 0.05) is 20.6 Å². The van der Waals surface area contributed by atoms with Crippen molar-refractivity contribution >= 4 is 0 Å². The van der Waals surface area contributed by atoms with E-state index in [2.05, 4.69) is 0 Å². The minimum absolute atomic E-state index is 0.0725. The highest BCUT2D eigenvalue weighted by atomic mass is 16.7. The zero-order chi connectivity index (χ0) is 9.14. The molecule has 0 saturated carbocycles. The topological polar surface area (TPSA) is 47.9 Å². The zero-order valence-electron chi connectivity index (χ0n) is 7.69. The van der Waals surface area contributed by atoms with Crippen molar-refractivity contribution in [3.05, 3.63) is 0 Å². The van der Waals surface area contributed by atoms with Gasteiger partial charge in [0.15, 0.2) is 6.29 Å². The van der Waals surface area contributed by atoms with Crippen molar-refractivity contribution in [2.45, 2.75) is 37.9 Å². The lowest BCUT2D eigenvalue weighted by Crippen LogP contribution is -2.49. The Morgan fingerprint density at radius 1 is 1.33 bits per heavy atom. The predicted octanol–water partition coefficient (Wildman–Crippen LogP) is 0.144. The van der Waals surface area contributed by atoms with Gasteiger partial charge in [-0.1, -0.05) is 0 Å². The summed E-state index contributed by atoms with van der Waals surface area (Å²) in [5.74, 6) is 0. The Bertz CT molecular complexity index is 125. The summed E-state index contributed by atoms with van der Waals surface area (Å²) in [5, 5.41) is 9.57. The molecule has 0 aromatic rings. The largest absolute Gasteiger partial charge is 0.385 e. The number of rotatable bonds is 2. The van der Waals surface area contributed by atoms with Gasteiger partial charge in [-0.25, -0.2) is 0 Å². The van der Waals surface area contributed by atoms with Crippen molar-refractivity contribution in [1.82, 2.24) is 0 Å². The smallest absolute Gasteiger partial charge is 0.185 e. The van der Waals surface area contributed by atoms with Gasteiger partial charge in [0.2, 0.25) is 0 Å². The van der Waals surface area contributed by atoms with E-state index in [1.807, 2.05) is 6.92 Å². The van der Waals surface area contributed by atoms with Crippen LogP contribution in [0.2, 0.25) is 0 Å². The fraction of sp³-hybridized carbons (Fsp3) is 1.00. The molecule has 4 heteroatoms. The van der Waals surface area contributed by atoms with E-state index in [1.165, 1.54) is 7.11 Å². The van der Waals surface area contributed by atoms with Gasteiger partial charge in [-0.2, -0.15) is 0 Å². The van der Waals surface area contributed by atoms with Crippen molar-refractivity contribution in [3.63, 3.8) is 0 Å². The van der Waals surface area contributed by atoms with Crippen LogP contribution in [-0.4, -0.2) is 43.9 Å². The third-order valence-electron chi connectivity index (χ3n) is 2.13. The van der Waals surface area contributed by atoms with Gasteiger partial charge >= 0.3 is 0 Å². The first-order valence-electron chi connectivity index (χ1n) is 4.08. The first-order valence-corrected chi connectivity index (χ1v) is 4.08. The summed E-state index contributed by atoms with van der Waals surface area (Å²) >= 11 is 0. The lowest BCUT2D eigenvalue weighted by atomic mass is 10.0. The van der Waals surface area contributed by atoms with Crippen LogP contribution in [0.25, 0.3) is 0 Å². The minimum Gasteiger partial charge on any atom is -0.385 e. The maximum atomic E-state index is 9.57. The van der Waals surface area contributed by atoms with E-state index >= 15 is 0 Å². The van der Waals surface area contributed by atoms with Gasteiger partial charge in [-0.15, -0.1) is 0 Å². The number of aliphatic hydroxyl groups excluding tert-OH is 1. The average molecular weight is 176 g/mol. The van der Waals surface area contributed by atoms with E-state index in [9.17, 15) is 5.11 Å². The van der Waals surface area contributed by atoms with Crippen molar-refractivity contribution in [2.75, 3.05) is 14.2 Å². The summed E-state index contributed by atoms with van der Waals surface area (Å²) in [6.45, 7) is 1.93. The summed E-state index contributed by atoms with van der Waals surface area (Å²) in [4.78, 5) is 0. The second-order valence-corrected chi connectivity index (χ2v) is 3.05. The van der Waals surface area contributed by atoms with Crippen molar-refractivity contribution in [3.8, 4) is 0 Å². The Kier molecular flexibility index (Phi) is 3.46. The van der Waals surface area contributed by atoms with Gasteiger partial charge in [-0.3, -0.25) is 0 Å². The van der Waals surface area contributed by atoms with E-state index in [-0.39, 0.29) is 12.2 Å². The normalized spacial score (nSPS) is 43.0. The van der Waals surface area contributed by atoms with Crippen LogP contribution >= 0.6 is 0 Å². The van der Waals surface area contributed by atoms with E-state index in [0.29, 0.717) is 6.42 Å². The molecule has 1 aliphatic rings. The molecule has 0 unspecified atom stereocenters. The summed E-state index contributed by atoms with van der Waals surface area (Å²) in [5.41, 5.74) is 0. The summed E-state index contributed by atoms with van der Waals surface area (Å²) < 4.78 is 15.4. The van der Waals surface area contributed by atoms with Crippen LogP contribution in [0.4, 0.5) is 0 Å². The molecule has 1 aliphatic heterocycles. The summed E-state index contributed by atoms with van der Waals surface area (Å²) in [6, 6.07) is 0. The van der Waals surface area contributed by atoms with Gasteiger partial charge in [0.25, 0.3) is 0 Å². The Morgan fingerprint density at radius 2 is 2.00 bits per heavy atom. The molecule has 1 rings (SSSR count). The maximum Gasteiger partial charge on any atom is 0.185 e. The van der Waals surface area contributed by atoms with Crippen LogP contribution in [0, 0.1) is 0 Å². The number of ether oxygens (including phenoxy) is 3. The second kappa shape index (κ2) is 4.18. The molecule has 1 N–H and O–H groups in total. The molecule has 0 aromatic heterocycles. The SMILES string of the molecule is CO[C@H]1O[C@H](C)C[C@H](OC)[C@H]1O. The highest BCUT2D eigenvalue weighted by Gasteiger charge is 2.36. The van der Waals surface area contributed by atoms with Crippen LogP contribution in [0.3, 0.4) is 0 Å². The molecule has 4 atom stereocenters. The number of methoxy groups -OCH3 is 2. The monoisotopic (exact) mass is 176 g/mol. The fourth-order valence-electron chi connectivity index (χ4n) is 1.44. The lowest BCUT2D eigenvalue weighted by molar-refractivity contribution is -0.258. The van der Waals surface area contributed by atoms with Crippen LogP contribution in [0.1, 0.15) is 13.3 Å². The van der Waals surface area contributed by atoms with Gasteiger partial charge < -0.3 is 19.3 Å². The van der Waals surface area contributed by atoms with Gasteiger partial charge in [-0.05, 0) is 6.92 Å². The number of hydrogen-bond acceptors (Lipinski definition) is 4. The molecule has 0 aliphatic carbocycles. The average Bonchev–Trinajstić information content (AvgIpc) is 2.08. The maximum absolute atomic E-state index is 9.57. The molecule has 0 bridgehead atoms. The van der Waals surface area contributed by atoms with Crippen molar-refractivity contribution in [2.24, 2.45) is 0 Å². The molecule has 72 valence electrons. The minimum atomic E-state index is -0.684. The second-order valence-electron chi connectivity index (χ2n) is 3.05. The molecule has 1 heterocycles. The highest BCUT2D eigenvalue weighted by Crippen LogP contribution is 2.22. The lowest BCUT2D eigenvalue weighted by Gasteiger charge is -2.36. The standard InChI is InChI=1S/C8H16O4/c1-5-4-6(10-2)7(9)8(11-3)12-5/h5-9H,4H2,1-3H3/t5-,6+,7-,8+/m1/s1. The van der Waals surface area contributed by atoms with Crippen LogP contribution in [-0.2, 0) is 14.2 Å². The molecular weight excluding hydrogens is 160 g/mol. The number of aliphatic hydroxyl groups is 1. The molecule has 0 radical (unpaired) electrons. The third kappa shape index (κ3) is 1.95. The van der Waals surface area contributed by atoms with Crippen LogP contribution in [0.5, 0.6) is 0 Å². The van der Waals surface area contributed by atoms with Gasteiger partial charge in [0.1, 0.15) is 6.10 Å². The number of hydrogen-bond donors (Lipinski definition) is 1. The Hall–Kier alpha value is -0.160. The van der Waals surface area contributed by atoms with E-state index in [4.69, 9.17) is 14.2 Å². The molecule has 1 fully saturated rings. The zero-order valence-corrected chi connectivity index (χ0v) is 7.69. The molecule has 0 aromatic carbocycles. The van der Waals surface area contributed by atoms with E-state index in [0.717, 1.165) is 0 Å². The quantitative estimate of drug-likeness (QED) is 0.650. The summed E-state index contributed by atoms with van der Waals surface area (Å²) in [6.07, 6.45) is -0.644. The van der Waals surface area contributed by atoms with Crippen molar-refractivity contribution < 1.29 is 19.3 Å². The molecular formula is C8H16O4. The first-order chi connectivity index (χ1) is 5.69. The first kappa shape index (κ1) is 9.92. The molecule has 4 nitrogen and oxygen atoms in total. The molecule has 0 spiro atoms. The van der Waals surface area contributed by atoms with Crippen molar-refractivity contribution in [1.29, 1.82) is 0 Å². The third-order valence-corrected chi connectivity index (χ3v) is 2.13. The predicted molar refractivity (Wildman–Crippen MR) is 42.8 cm³/mol. The summed E-state index contributed by atoms with van der Waals surface area (Å²) in [7, 11) is 3.09. The van der Waals surface area contributed by atoms with E-state index < -0.39 is 12.4 Å². The molecule has 0 amide bonds.